The number of quaternary nitrogens is 1. The molecule has 0 unspecified atom stereocenters. The molecular formula is C18H28N2O3. The van der Waals surface area contributed by atoms with Gasteiger partial charge in [-0.1, -0.05) is 31.0 Å². The highest BCUT2D eigenvalue weighted by Crippen LogP contribution is 2.22. The molecule has 1 atom stereocenters. The van der Waals surface area contributed by atoms with Gasteiger partial charge in [0.25, 0.3) is 0 Å². The van der Waals surface area contributed by atoms with Gasteiger partial charge < -0.3 is 20.5 Å². The molecule has 1 aromatic carbocycles. The number of benzene rings is 1. The maximum atomic E-state index is 12.2. The second kappa shape index (κ2) is 9.30. The number of carbonyl (C=O) groups excluding carboxylic acids is 2. The van der Waals surface area contributed by atoms with Gasteiger partial charge in [-0.25, -0.2) is 0 Å². The van der Waals surface area contributed by atoms with E-state index < -0.39 is 12.0 Å². The summed E-state index contributed by atoms with van der Waals surface area (Å²) in [7, 11) is 0. The molecule has 0 aliphatic carbocycles. The molecule has 0 fully saturated rings. The maximum absolute atomic E-state index is 12.2. The van der Waals surface area contributed by atoms with Crippen molar-refractivity contribution in [2.45, 2.75) is 59.4 Å². The van der Waals surface area contributed by atoms with E-state index in [4.69, 9.17) is 0 Å². The smallest absolute Gasteiger partial charge is 0.230 e. The van der Waals surface area contributed by atoms with E-state index in [1.165, 1.54) is 0 Å². The van der Waals surface area contributed by atoms with Crippen LogP contribution in [0.5, 0.6) is 0 Å². The van der Waals surface area contributed by atoms with Gasteiger partial charge in [-0.3, -0.25) is 4.79 Å². The lowest BCUT2D eigenvalue weighted by atomic mass is 10.0. The molecule has 128 valence electrons. The molecule has 0 saturated carbocycles. The van der Waals surface area contributed by atoms with Gasteiger partial charge in [0.1, 0.15) is 6.04 Å². The normalized spacial score (nSPS) is 12.0. The molecule has 1 amide bonds. The fraction of sp³-hybridized carbons (Fsp3) is 0.556. The van der Waals surface area contributed by atoms with Crippen molar-refractivity contribution < 1.29 is 20.0 Å². The summed E-state index contributed by atoms with van der Waals surface area (Å²) in [6.45, 7) is 8.66. The van der Waals surface area contributed by atoms with E-state index in [1.807, 2.05) is 32.9 Å². The number of carboxylic acids is 1. The number of rotatable bonds is 9. The number of carboxylic acid groups (broad SMARTS) is 1. The van der Waals surface area contributed by atoms with Crippen molar-refractivity contribution in [1.29, 1.82) is 0 Å². The Bertz CT molecular complexity index is 532. The second-order valence-electron chi connectivity index (χ2n) is 6.18. The monoisotopic (exact) mass is 320 g/mol. The summed E-state index contributed by atoms with van der Waals surface area (Å²) in [5.41, 5.74) is 3.86. The number of hydrogen-bond donors (Lipinski definition) is 2. The Morgan fingerprint density at radius 3 is 2.30 bits per heavy atom. The minimum absolute atomic E-state index is 0.0821. The lowest BCUT2D eigenvalue weighted by Crippen LogP contribution is -2.93. The molecular weight excluding hydrogens is 292 g/mol. The van der Waals surface area contributed by atoms with Crippen LogP contribution in [0.1, 0.15) is 49.3 Å². The van der Waals surface area contributed by atoms with Crippen LogP contribution < -0.4 is 15.7 Å². The molecule has 0 spiro atoms. The summed E-state index contributed by atoms with van der Waals surface area (Å²) in [6.07, 6.45) is 3.00. The Balaban J connectivity index is 2.64. The summed E-state index contributed by atoms with van der Waals surface area (Å²) < 4.78 is 0. The number of hydrogen-bond acceptors (Lipinski definition) is 3. The quantitative estimate of drug-likeness (QED) is 0.660. The molecule has 5 heteroatoms. The molecule has 0 radical (unpaired) electrons. The van der Waals surface area contributed by atoms with Crippen LogP contribution in [0.3, 0.4) is 0 Å². The number of nitrogens with one attached hydrogen (secondary N) is 1. The third kappa shape index (κ3) is 6.40. The number of aliphatic carboxylic acids is 1. The van der Waals surface area contributed by atoms with Crippen LogP contribution in [0, 0.1) is 20.8 Å². The first-order valence-electron chi connectivity index (χ1n) is 8.27. The largest absolute Gasteiger partial charge is 0.544 e. The molecule has 0 aliphatic heterocycles. The second-order valence-corrected chi connectivity index (χ2v) is 6.18. The first kappa shape index (κ1) is 19.2. The molecule has 1 aromatic rings. The third-order valence-electron chi connectivity index (χ3n) is 3.91. The summed E-state index contributed by atoms with van der Waals surface area (Å²) >= 11 is 0. The van der Waals surface area contributed by atoms with Crippen LogP contribution in [-0.4, -0.2) is 24.5 Å². The Labute approximate surface area is 138 Å². The molecule has 5 nitrogen and oxygen atoms in total. The van der Waals surface area contributed by atoms with Crippen molar-refractivity contribution in [3.05, 3.63) is 28.8 Å². The highest BCUT2D eigenvalue weighted by molar-refractivity contribution is 5.94. The van der Waals surface area contributed by atoms with Gasteiger partial charge in [0.15, 0.2) is 0 Å². The number of aryl methyl sites for hydroxylation is 3. The standard InChI is InChI=1S/C18H28N2O3/c1-5-6-7-8-19-15(18(22)23)11-16(21)20-17-13(3)9-12(2)10-14(17)4/h9-10,15,19H,5-8,11H2,1-4H3,(H,20,21)(H,22,23)/t15-/m1/s1. The summed E-state index contributed by atoms with van der Waals surface area (Å²) in [4.78, 5) is 23.4. The van der Waals surface area contributed by atoms with Crippen molar-refractivity contribution in [2.75, 3.05) is 11.9 Å². The molecule has 0 bridgehead atoms. The van der Waals surface area contributed by atoms with Crippen molar-refractivity contribution in [2.24, 2.45) is 0 Å². The van der Waals surface area contributed by atoms with Gasteiger partial charge in [-0.15, -0.1) is 0 Å². The van der Waals surface area contributed by atoms with Crippen LogP contribution in [0.15, 0.2) is 12.1 Å². The Kier molecular flexibility index (Phi) is 7.75. The van der Waals surface area contributed by atoms with Crippen molar-refractivity contribution >= 4 is 17.6 Å². The van der Waals surface area contributed by atoms with E-state index in [0.29, 0.717) is 6.54 Å². The Hall–Kier alpha value is -1.88. The molecule has 0 aliphatic rings. The summed E-state index contributed by atoms with van der Waals surface area (Å²) in [5, 5.41) is 15.7. The lowest BCUT2D eigenvalue weighted by Gasteiger charge is -2.18. The Morgan fingerprint density at radius 2 is 1.78 bits per heavy atom. The third-order valence-corrected chi connectivity index (χ3v) is 3.91. The zero-order chi connectivity index (χ0) is 17.4. The van der Waals surface area contributed by atoms with E-state index >= 15 is 0 Å². The van der Waals surface area contributed by atoms with E-state index in [0.717, 1.165) is 41.6 Å². The molecule has 3 N–H and O–H groups in total. The highest BCUT2D eigenvalue weighted by atomic mass is 16.4. The lowest BCUT2D eigenvalue weighted by molar-refractivity contribution is -0.682. The predicted molar refractivity (Wildman–Crippen MR) is 89.0 cm³/mol. The predicted octanol–water partition coefficient (Wildman–Crippen LogP) is 0.813. The first-order valence-corrected chi connectivity index (χ1v) is 8.27. The van der Waals surface area contributed by atoms with Gasteiger partial charge >= 0.3 is 0 Å². The average molecular weight is 320 g/mol. The number of unbranched alkanes of at least 4 members (excludes halogenated alkanes) is 2. The van der Waals surface area contributed by atoms with Gasteiger partial charge in [0, 0.05) is 5.69 Å². The summed E-state index contributed by atoms with van der Waals surface area (Å²) in [5.74, 6) is -1.48. The molecule has 23 heavy (non-hydrogen) atoms. The summed E-state index contributed by atoms with van der Waals surface area (Å²) in [6, 6.07) is 3.16. The fourth-order valence-corrected chi connectivity index (χ4v) is 2.74. The van der Waals surface area contributed by atoms with E-state index in [9.17, 15) is 14.7 Å². The number of carbonyl (C=O) groups is 2. The first-order chi connectivity index (χ1) is 10.8. The zero-order valence-electron chi connectivity index (χ0n) is 14.6. The van der Waals surface area contributed by atoms with Crippen LogP contribution in [0.2, 0.25) is 0 Å². The van der Waals surface area contributed by atoms with Gasteiger partial charge in [0.2, 0.25) is 5.91 Å². The maximum Gasteiger partial charge on any atom is 0.230 e. The van der Waals surface area contributed by atoms with Crippen LogP contribution in [0.4, 0.5) is 5.69 Å². The number of amides is 1. The molecule has 0 aromatic heterocycles. The number of nitrogens with two attached hydrogens (primary N) is 1. The van der Waals surface area contributed by atoms with E-state index in [1.54, 1.807) is 5.32 Å². The topological polar surface area (TPSA) is 85.8 Å². The SMILES string of the molecule is CCCCC[NH2+][C@H](CC(=O)Nc1c(C)cc(C)cc1C)C(=O)[O-]. The molecule has 0 saturated heterocycles. The van der Waals surface area contributed by atoms with Gasteiger partial charge in [-0.2, -0.15) is 0 Å². The minimum atomic E-state index is -1.19. The van der Waals surface area contributed by atoms with Crippen molar-refractivity contribution in [3.63, 3.8) is 0 Å². The minimum Gasteiger partial charge on any atom is -0.544 e. The van der Waals surface area contributed by atoms with E-state index in [2.05, 4.69) is 12.2 Å². The Morgan fingerprint density at radius 1 is 1.17 bits per heavy atom. The average Bonchev–Trinajstić information content (AvgIpc) is 2.45. The van der Waals surface area contributed by atoms with Crippen LogP contribution in [-0.2, 0) is 9.59 Å². The fourth-order valence-electron chi connectivity index (χ4n) is 2.74. The van der Waals surface area contributed by atoms with E-state index in [-0.39, 0.29) is 12.3 Å². The van der Waals surface area contributed by atoms with Crippen molar-refractivity contribution in [3.8, 4) is 0 Å². The van der Waals surface area contributed by atoms with Gasteiger partial charge in [-0.05, 0) is 44.7 Å². The van der Waals surface area contributed by atoms with Crippen LogP contribution in [0.25, 0.3) is 0 Å². The molecule has 0 heterocycles. The molecule has 1 rings (SSSR count). The van der Waals surface area contributed by atoms with Crippen LogP contribution >= 0.6 is 0 Å². The van der Waals surface area contributed by atoms with Gasteiger partial charge in [0.05, 0.1) is 18.9 Å². The van der Waals surface area contributed by atoms with Crippen molar-refractivity contribution in [1.82, 2.24) is 0 Å². The highest BCUT2D eigenvalue weighted by Gasteiger charge is 2.19. The zero-order valence-corrected chi connectivity index (χ0v) is 14.6. The number of anilines is 1.